The molecule has 88 valence electrons. The zero-order chi connectivity index (χ0) is 10.5. The van der Waals surface area contributed by atoms with Crippen LogP contribution in [0.15, 0.2) is 0 Å². The Morgan fingerprint density at radius 3 is 2.53 bits per heavy atom. The van der Waals surface area contributed by atoms with E-state index in [0.29, 0.717) is 0 Å². The van der Waals surface area contributed by atoms with Crippen LogP contribution in [0.1, 0.15) is 44.9 Å². The molecule has 0 aliphatic heterocycles. The topological polar surface area (TPSA) is 15.3 Å². The fraction of sp³-hybridized carbons (Fsp3) is 1.00. The van der Waals surface area contributed by atoms with Crippen molar-refractivity contribution in [1.29, 1.82) is 0 Å². The average molecular weight is 210 g/mol. The number of nitrogens with zero attached hydrogens (tertiary/aromatic N) is 1. The lowest BCUT2D eigenvalue weighted by Gasteiger charge is -2.17. The fourth-order valence-corrected chi connectivity index (χ4v) is 2.62. The van der Waals surface area contributed by atoms with Gasteiger partial charge in [-0.3, -0.25) is 0 Å². The highest BCUT2D eigenvalue weighted by Gasteiger charge is 2.22. The summed E-state index contributed by atoms with van der Waals surface area (Å²) in [5.74, 6) is 1.04. The van der Waals surface area contributed by atoms with Gasteiger partial charge in [0.2, 0.25) is 0 Å². The van der Waals surface area contributed by atoms with Gasteiger partial charge in [0.1, 0.15) is 0 Å². The zero-order valence-corrected chi connectivity index (χ0v) is 10.2. The van der Waals surface area contributed by atoms with Crippen LogP contribution in [0.4, 0.5) is 0 Å². The largest absolute Gasteiger partial charge is 0.314 e. The molecule has 2 rings (SSSR count). The minimum atomic E-state index is 0.846. The van der Waals surface area contributed by atoms with Crippen molar-refractivity contribution in [2.75, 3.05) is 26.7 Å². The zero-order valence-electron chi connectivity index (χ0n) is 10.2. The van der Waals surface area contributed by atoms with Crippen LogP contribution in [-0.4, -0.2) is 37.6 Å². The van der Waals surface area contributed by atoms with Gasteiger partial charge < -0.3 is 10.2 Å². The van der Waals surface area contributed by atoms with Gasteiger partial charge in [-0.1, -0.05) is 12.8 Å². The Labute approximate surface area is 94.4 Å². The first-order valence-electron chi connectivity index (χ1n) is 6.76. The van der Waals surface area contributed by atoms with Crippen LogP contribution in [0.2, 0.25) is 0 Å². The Morgan fingerprint density at radius 1 is 1.13 bits per heavy atom. The minimum Gasteiger partial charge on any atom is -0.314 e. The molecule has 0 amide bonds. The lowest BCUT2D eigenvalue weighted by atomic mass is 10.2. The molecule has 2 nitrogen and oxygen atoms in total. The molecule has 0 unspecified atom stereocenters. The van der Waals surface area contributed by atoms with Crippen LogP contribution in [0.5, 0.6) is 0 Å². The van der Waals surface area contributed by atoms with Crippen molar-refractivity contribution in [2.45, 2.75) is 51.0 Å². The van der Waals surface area contributed by atoms with Crippen LogP contribution in [0, 0.1) is 5.92 Å². The van der Waals surface area contributed by atoms with E-state index in [-0.39, 0.29) is 0 Å². The van der Waals surface area contributed by atoms with Crippen LogP contribution < -0.4 is 5.32 Å². The predicted molar refractivity (Wildman–Crippen MR) is 65.1 cm³/mol. The molecule has 2 saturated carbocycles. The molecule has 0 heterocycles. The molecule has 0 aromatic carbocycles. The van der Waals surface area contributed by atoms with Crippen molar-refractivity contribution in [3.05, 3.63) is 0 Å². The molecular weight excluding hydrogens is 184 g/mol. The predicted octanol–water partition coefficient (Wildman–Crippen LogP) is 2.25. The van der Waals surface area contributed by atoms with Gasteiger partial charge in [-0.25, -0.2) is 0 Å². The summed E-state index contributed by atoms with van der Waals surface area (Å²) in [6.07, 6.45) is 9.99. The van der Waals surface area contributed by atoms with E-state index < -0.39 is 0 Å². The van der Waals surface area contributed by atoms with E-state index in [0.717, 1.165) is 12.0 Å². The van der Waals surface area contributed by atoms with Crippen molar-refractivity contribution in [1.82, 2.24) is 10.2 Å². The van der Waals surface area contributed by atoms with E-state index >= 15 is 0 Å². The molecule has 15 heavy (non-hydrogen) atoms. The number of hydrogen-bond donors (Lipinski definition) is 1. The molecule has 0 aromatic heterocycles. The van der Waals surface area contributed by atoms with Crippen LogP contribution in [0.25, 0.3) is 0 Å². The first-order valence-corrected chi connectivity index (χ1v) is 6.76. The second-order valence-electron chi connectivity index (χ2n) is 5.49. The molecule has 1 N–H and O–H groups in total. The van der Waals surface area contributed by atoms with Crippen LogP contribution in [-0.2, 0) is 0 Å². The second kappa shape index (κ2) is 5.86. The van der Waals surface area contributed by atoms with E-state index in [1.54, 1.807) is 0 Å². The molecule has 2 aliphatic carbocycles. The van der Waals surface area contributed by atoms with Gasteiger partial charge in [0, 0.05) is 12.6 Å². The molecule has 0 saturated heterocycles. The standard InChI is InChI=1S/C13H26N2/c1-15(11-12-7-8-12)10-4-9-14-13-5-2-3-6-13/h12-14H,2-11H2,1H3. The molecular formula is C13H26N2. The minimum absolute atomic E-state index is 0.846. The van der Waals surface area contributed by atoms with Crippen molar-refractivity contribution >= 4 is 0 Å². The summed E-state index contributed by atoms with van der Waals surface area (Å²) in [6.45, 7) is 3.83. The van der Waals surface area contributed by atoms with Crippen molar-refractivity contribution in [3.63, 3.8) is 0 Å². The Balaban J connectivity index is 1.43. The van der Waals surface area contributed by atoms with Gasteiger partial charge in [-0.2, -0.15) is 0 Å². The van der Waals surface area contributed by atoms with Gasteiger partial charge >= 0.3 is 0 Å². The highest BCUT2D eigenvalue weighted by Crippen LogP contribution is 2.29. The molecule has 0 radical (unpaired) electrons. The molecule has 0 atom stereocenters. The normalized spacial score (nSPS) is 22.8. The summed E-state index contributed by atoms with van der Waals surface area (Å²) in [4.78, 5) is 2.51. The van der Waals surface area contributed by atoms with Gasteiger partial charge in [0.05, 0.1) is 0 Å². The first-order chi connectivity index (χ1) is 7.34. The van der Waals surface area contributed by atoms with Crippen molar-refractivity contribution < 1.29 is 0 Å². The maximum Gasteiger partial charge on any atom is 0.00670 e. The third-order valence-electron chi connectivity index (χ3n) is 3.77. The molecule has 0 bridgehead atoms. The Bertz CT molecular complexity index is 171. The van der Waals surface area contributed by atoms with Crippen molar-refractivity contribution in [2.24, 2.45) is 5.92 Å². The number of rotatable bonds is 7. The second-order valence-corrected chi connectivity index (χ2v) is 5.49. The quantitative estimate of drug-likeness (QED) is 0.648. The SMILES string of the molecule is CN(CCCNC1CCCC1)CC1CC1. The van der Waals surface area contributed by atoms with E-state index in [4.69, 9.17) is 0 Å². The first kappa shape index (κ1) is 11.4. The van der Waals surface area contributed by atoms with Gasteiger partial charge in [-0.05, 0) is 58.2 Å². The van der Waals surface area contributed by atoms with E-state index in [1.165, 1.54) is 64.6 Å². The summed E-state index contributed by atoms with van der Waals surface area (Å²) in [6, 6.07) is 0.846. The Kier molecular flexibility index (Phi) is 4.45. The van der Waals surface area contributed by atoms with Crippen molar-refractivity contribution in [3.8, 4) is 0 Å². The van der Waals surface area contributed by atoms with Gasteiger partial charge in [0.15, 0.2) is 0 Å². The lowest BCUT2D eigenvalue weighted by molar-refractivity contribution is 0.311. The van der Waals surface area contributed by atoms with Crippen LogP contribution >= 0.6 is 0 Å². The van der Waals surface area contributed by atoms with E-state index in [2.05, 4.69) is 17.3 Å². The third-order valence-corrected chi connectivity index (χ3v) is 3.77. The molecule has 2 heteroatoms. The molecule has 2 fully saturated rings. The molecule has 0 aromatic rings. The summed E-state index contributed by atoms with van der Waals surface area (Å²) in [5, 5.41) is 3.68. The summed E-state index contributed by atoms with van der Waals surface area (Å²) < 4.78 is 0. The summed E-state index contributed by atoms with van der Waals surface area (Å²) in [5.41, 5.74) is 0. The van der Waals surface area contributed by atoms with Crippen LogP contribution in [0.3, 0.4) is 0 Å². The van der Waals surface area contributed by atoms with Gasteiger partial charge in [-0.15, -0.1) is 0 Å². The van der Waals surface area contributed by atoms with Gasteiger partial charge in [0.25, 0.3) is 0 Å². The maximum atomic E-state index is 3.68. The third kappa shape index (κ3) is 4.52. The van der Waals surface area contributed by atoms with E-state index in [1.807, 2.05) is 0 Å². The fourth-order valence-electron chi connectivity index (χ4n) is 2.62. The monoisotopic (exact) mass is 210 g/mol. The number of hydrogen-bond acceptors (Lipinski definition) is 2. The van der Waals surface area contributed by atoms with E-state index in [9.17, 15) is 0 Å². The molecule has 0 spiro atoms. The highest BCUT2D eigenvalue weighted by molar-refractivity contribution is 4.76. The summed E-state index contributed by atoms with van der Waals surface area (Å²) >= 11 is 0. The molecule has 2 aliphatic rings. The smallest absolute Gasteiger partial charge is 0.00670 e. The highest BCUT2D eigenvalue weighted by atomic mass is 15.1. The maximum absolute atomic E-state index is 3.68. The Hall–Kier alpha value is -0.0800. The summed E-state index contributed by atoms with van der Waals surface area (Å²) in [7, 11) is 2.27. The Morgan fingerprint density at radius 2 is 1.87 bits per heavy atom. The average Bonchev–Trinajstić information content (AvgIpc) is 2.87. The lowest BCUT2D eigenvalue weighted by Crippen LogP contribution is -2.30. The number of nitrogens with one attached hydrogen (secondary N) is 1.